The zero-order valence-electron chi connectivity index (χ0n) is 13.7. The third kappa shape index (κ3) is 2.96. The molecule has 8 nitrogen and oxygen atoms in total. The van der Waals surface area contributed by atoms with Crippen LogP contribution >= 0.6 is 0 Å². The van der Waals surface area contributed by atoms with Crippen LogP contribution in [0.3, 0.4) is 0 Å². The maximum Gasteiger partial charge on any atom is 0.134 e. The van der Waals surface area contributed by atoms with Crippen molar-refractivity contribution < 1.29 is 4.74 Å². The third-order valence-electron chi connectivity index (χ3n) is 4.48. The Balaban J connectivity index is 1.89. The second kappa shape index (κ2) is 6.94. The standard InChI is InChI=1S/C17H19N7O/c18-23-21-11-19-10-16-22-15-9-20-14-4-2-1-3-13(14)17(15)24(16)12-5-7-25-8-6-12/h1-4,9,11-12H,5-8,10H2,(H2,18,19,21). The molecule has 0 bridgehead atoms. The molecule has 0 unspecified atom stereocenters. The van der Waals surface area contributed by atoms with Gasteiger partial charge in [-0.05, 0) is 18.9 Å². The van der Waals surface area contributed by atoms with E-state index in [1.807, 2.05) is 24.4 Å². The molecule has 0 spiro atoms. The van der Waals surface area contributed by atoms with Crippen molar-refractivity contribution in [2.75, 3.05) is 13.2 Å². The summed E-state index contributed by atoms with van der Waals surface area (Å²) in [4.78, 5) is 13.6. The molecule has 8 heteroatoms. The van der Waals surface area contributed by atoms with E-state index in [4.69, 9.17) is 15.6 Å². The van der Waals surface area contributed by atoms with Gasteiger partial charge in [-0.2, -0.15) is 0 Å². The van der Waals surface area contributed by atoms with Gasteiger partial charge in [-0.25, -0.2) is 4.98 Å². The molecular formula is C17H19N7O. The summed E-state index contributed by atoms with van der Waals surface area (Å²) in [5.41, 5.74) is 2.97. The first-order chi connectivity index (χ1) is 12.4. The van der Waals surface area contributed by atoms with Crippen molar-refractivity contribution in [1.29, 1.82) is 0 Å². The number of aromatic nitrogens is 3. The van der Waals surface area contributed by atoms with Gasteiger partial charge in [0.15, 0.2) is 0 Å². The Hall–Kier alpha value is -2.87. The van der Waals surface area contributed by atoms with Crippen molar-refractivity contribution >= 4 is 28.3 Å². The van der Waals surface area contributed by atoms with Gasteiger partial charge in [-0.3, -0.25) is 9.98 Å². The van der Waals surface area contributed by atoms with Crippen molar-refractivity contribution in [2.45, 2.75) is 25.4 Å². The molecule has 1 fully saturated rings. The van der Waals surface area contributed by atoms with Crippen LogP contribution in [0.2, 0.25) is 0 Å². The van der Waals surface area contributed by atoms with Crippen molar-refractivity contribution in [3.63, 3.8) is 0 Å². The molecule has 2 N–H and O–H groups in total. The van der Waals surface area contributed by atoms with E-state index >= 15 is 0 Å². The van der Waals surface area contributed by atoms with Crippen LogP contribution in [0, 0.1) is 0 Å². The fourth-order valence-corrected chi connectivity index (χ4v) is 3.41. The summed E-state index contributed by atoms with van der Waals surface area (Å²) < 4.78 is 7.84. The van der Waals surface area contributed by atoms with Gasteiger partial charge < -0.3 is 15.1 Å². The Labute approximate surface area is 144 Å². The number of fused-ring (bicyclic) bond motifs is 3. The maximum atomic E-state index is 5.53. The molecule has 0 radical (unpaired) electrons. The minimum absolute atomic E-state index is 0.339. The van der Waals surface area contributed by atoms with Crippen molar-refractivity contribution in [3.05, 3.63) is 36.3 Å². The molecule has 1 aliphatic rings. The van der Waals surface area contributed by atoms with Crippen molar-refractivity contribution in [2.24, 2.45) is 21.2 Å². The number of imidazole rings is 1. The predicted octanol–water partition coefficient (Wildman–Crippen LogP) is 2.79. The smallest absolute Gasteiger partial charge is 0.134 e. The highest BCUT2D eigenvalue weighted by molar-refractivity contribution is 6.02. The first-order valence-corrected chi connectivity index (χ1v) is 8.29. The van der Waals surface area contributed by atoms with Crippen LogP contribution in [0.1, 0.15) is 24.7 Å². The van der Waals surface area contributed by atoms with E-state index in [0.29, 0.717) is 12.6 Å². The van der Waals surface area contributed by atoms with Crippen LogP contribution in [0.25, 0.3) is 21.9 Å². The van der Waals surface area contributed by atoms with Gasteiger partial charge in [0, 0.05) is 24.6 Å². The SMILES string of the molecule is NN=NC=NCc1nc2cnc3ccccc3c2n1C1CCOCC1. The molecule has 0 amide bonds. The number of rotatable bonds is 4. The Morgan fingerprint density at radius 3 is 2.92 bits per heavy atom. The van der Waals surface area contributed by atoms with Crippen LogP contribution in [-0.4, -0.2) is 34.1 Å². The number of para-hydroxylation sites is 1. The fourth-order valence-electron chi connectivity index (χ4n) is 3.41. The average Bonchev–Trinajstić information content (AvgIpc) is 3.05. The molecule has 128 valence electrons. The Morgan fingerprint density at radius 1 is 1.24 bits per heavy atom. The maximum absolute atomic E-state index is 5.53. The zero-order chi connectivity index (χ0) is 17.1. The molecule has 4 rings (SSSR count). The summed E-state index contributed by atoms with van der Waals surface area (Å²) in [7, 11) is 0. The fraction of sp³-hybridized carbons (Fsp3) is 0.353. The lowest BCUT2D eigenvalue weighted by molar-refractivity contribution is 0.0699. The van der Waals surface area contributed by atoms with Crippen LogP contribution in [0.4, 0.5) is 0 Å². The lowest BCUT2D eigenvalue weighted by atomic mass is 10.1. The molecule has 2 aromatic heterocycles. The lowest BCUT2D eigenvalue weighted by Crippen LogP contribution is -2.21. The molecule has 0 aliphatic carbocycles. The van der Waals surface area contributed by atoms with Crippen molar-refractivity contribution in [3.8, 4) is 0 Å². The largest absolute Gasteiger partial charge is 0.381 e. The summed E-state index contributed by atoms with van der Waals surface area (Å²) in [6.07, 6.45) is 5.10. The molecule has 3 aromatic rings. The second-order valence-corrected chi connectivity index (χ2v) is 5.94. The number of hydrogen-bond acceptors (Lipinski definition) is 5. The molecule has 0 saturated carbocycles. The molecule has 1 aliphatic heterocycles. The first-order valence-electron chi connectivity index (χ1n) is 8.29. The average molecular weight is 337 g/mol. The first kappa shape index (κ1) is 15.6. The van der Waals surface area contributed by atoms with Gasteiger partial charge >= 0.3 is 0 Å². The molecule has 1 aromatic carbocycles. The number of nitrogens with zero attached hydrogens (tertiary/aromatic N) is 6. The lowest BCUT2D eigenvalue weighted by Gasteiger charge is -2.25. The van der Waals surface area contributed by atoms with Gasteiger partial charge in [0.1, 0.15) is 17.7 Å². The summed E-state index contributed by atoms with van der Waals surface area (Å²) >= 11 is 0. The van der Waals surface area contributed by atoms with Gasteiger partial charge in [-0.1, -0.05) is 23.4 Å². The van der Waals surface area contributed by atoms with Gasteiger partial charge in [0.2, 0.25) is 0 Å². The third-order valence-corrected chi connectivity index (χ3v) is 4.48. The summed E-state index contributed by atoms with van der Waals surface area (Å²) in [5, 5.41) is 7.87. The van der Waals surface area contributed by atoms with Crippen LogP contribution in [0.5, 0.6) is 0 Å². The minimum Gasteiger partial charge on any atom is -0.381 e. The number of benzene rings is 1. The van der Waals surface area contributed by atoms with E-state index in [2.05, 4.69) is 30.9 Å². The van der Waals surface area contributed by atoms with E-state index in [0.717, 1.165) is 53.8 Å². The predicted molar refractivity (Wildman–Crippen MR) is 95.4 cm³/mol. The molecule has 1 saturated heterocycles. The number of ether oxygens (including phenoxy) is 1. The topological polar surface area (TPSA) is 103 Å². The summed E-state index contributed by atoms with van der Waals surface area (Å²) in [6.45, 7) is 1.94. The van der Waals surface area contributed by atoms with E-state index < -0.39 is 0 Å². The Kier molecular flexibility index (Phi) is 4.34. The molecule has 3 heterocycles. The van der Waals surface area contributed by atoms with Crippen LogP contribution in [-0.2, 0) is 11.3 Å². The van der Waals surface area contributed by atoms with Crippen LogP contribution < -0.4 is 5.84 Å². The Morgan fingerprint density at radius 2 is 2.08 bits per heavy atom. The highest BCUT2D eigenvalue weighted by Crippen LogP contribution is 2.32. The zero-order valence-corrected chi connectivity index (χ0v) is 13.7. The van der Waals surface area contributed by atoms with Gasteiger partial charge in [0.25, 0.3) is 0 Å². The van der Waals surface area contributed by atoms with E-state index in [1.165, 1.54) is 6.34 Å². The normalized spacial score (nSPS) is 16.6. The monoisotopic (exact) mass is 337 g/mol. The van der Waals surface area contributed by atoms with E-state index in [9.17, 15) is 0 Å². The quantitative estimate of drug-likeness (QED) is 0.260. The molecule has 25 heavy (non-hydrogen) atoms. The number of pyridine rings is 1. The number of hydrogen-bond donors (Lipinski definition) is 1. The van der Waals surface area contributed by atoms with Crippen molar-refractivity contribution in [1.82, 2.24) is 14.5 Å². The van der Waals surface area contributed by atoms with Gasteiger partial charge in [-0.15, -0.1) is 5.11 Å². The second-order valence-electron chi connectivity index (χ2n) is 5.94. The van der Waals surface area contributed by atoms with E-state index in [-0.39, 0.29) is 0 Å². The number of nitrogens with two attached hydrogens (primary N) is 1. The highest BCUT2D eigenvalue weighted by atomic mass is 16.5. The van der Waals surface area contributed by atoms with Gasteiger partial charge in [0.05, 0.1) is 23.8 Å². The molecule has 0 atom stereocenters. The highest BCUT2D eigenvalue weighted by Gasteiger charge is 2.23. The minimum atomic E-state index is 0.339. The number of aliphatic imine (C=N–C) groups is 1. The van der Waals surface area contributed by atoms with E-state index in [1.54, 1.807) is 0 Å². The summed E-state index contributed by atoms with van der Waals surface area (Å²) in [5.74, 6) is 5.89. The Bertz CT molecular complexity index is 941. The van der Waals surface area contributed by atoms with Crippen LogP contribution in [0.15, 0.2) is 45.8 Å². The summed E-state index contributed by atoms with van der Waals surface area (Å²) in [6, 6.07) is 8.49. The molecular weight excluding hydrogens is 318 g/mol.